The molecule has 2 aromatic rings. The average molecular weight is 438 g/mol. The van der Waals surface area contributed by atoms with E-state index in [0.717, 1.165) is 24.2 Å². The molecule has 0 atom stereocenters. The molecule has 0 aliphatic rings. The maximum absolute atomic E-state index is 13.2. The molecule has 170 valence electrons. The highest BCUT2D eigenvalue weighted by Gasteiger charge is 2.14. The largest absolute Gasteiger partial charge is 0.383 e. The van der Waals surface area contributed by atoms with E-state index < -0.39 is 32.9 Å². The second-order valence-electron chi connectivity index (χ2n) is 6.84. The Labute approximate surface area is 180 Å². The maximum Gasteiger partial charge on any atom is 0.304 e. The van der Waals surface area contributed by atoms with Gasteiger partial charge in [-0.1, -0.05) is 13.5 Å². The van der Waals surface area contributed by atoms with Crippen molar-refractivity contribution in [1.29, 1.82) is 0 Å². The first kappa shape index (κ1) is 27.6. The van der Waals surface area contributed by atoms with Crippen LogP contribution in [0.1, 0.15) is 18.6 Å². The van der Waals surface area contributed by atoms with E-state index in [2.05, 4.69) is 0 Å². The third kappa shape index (κ3) is 9.77. The fourth-order valence-corrected chi connectivity index (χ4v) is 2.22. The van der Waals surface area contributed by atoms with Gasteiger partial charge in [-0.15, -0.1) is 0 Å². The number of hydrogen-bond donors (Lipinski definition) is 0. The summed E-state index contributed by atoms with van der Waals surface area (Å²) in [4.78, 5) is 23.0. The van der Waals surface area contributed by atoms with Crippen molar-refractivity contribution in [3.8, 4) is 0 Å². The Bertz CT molecular complexity index is 918. The summed E-state index contributed by atoms with van der Waals surface area (Å²) >= 11 is 0. The van der Waals surface area contributed by atoms with E-state index in [1.807, 2.05) is 33.1 Å². The zero-order valence-electron chi connectivity index (χ0n) is 17.2. The molecule has 0 aromatic heterocycles. The van der Waals surface area contributed by atoms with Crippen LogP contribution in [0.3, 0.4) is 0 Å². The molecule has 2 aromatic carbocycles. The van der Waals surface area contributed by atoms with Crippen molar-refractivity contribution in [3.63, 3.8) is 0 Å². The highest BCUT2D eigenvalue weighted by atomic mass is 19.1. The molecule has 0 heterocycles. The number of likely N-dealkylation sites (N-methyl/N-ethyl adjacent to an activating group) is 1. The van der Waals surface area contributed by atoms with Gasteiger partial charge in [0, 0.05) is 32.8 Å². The van der Waals surface area contributed by atoms with E-state index in [0.29, 0.717) is 12.0 Å². The smallest absolute Gasteiger partial charge is 0.304 e. The third-order valence-corrected chi connectivity index (χ3v) is 3.79. The second kappa shape index (κ2) is 13.0. The van der Waals surface area contributed by atoms with Crippen LogP contribution in [0.5, 0.6) is 0 Å². The van der Waals surface area contributed by atoms with Crippen LogP contribution >= 0.6 is 0 Å². The summed E-state index contributed by atoms with van der Waals surface area (Å²) < 4.78 is 26.3. The summed E-state index contributed by atoms with van der Waals surface area (Å²) in [5.74, 6) is -1.59. The average Bonchev–Trinajstić information content (AvgIpc) is 2.64. The summed E-state index contributed by atoms with van der Waals surface area (Å²) in [6.07, 6.45) is 4.09. The molecule has 0 radical (unpaired) electrons. The van der Waals surface area contributed by atoms with Gasteiger partial charge in [-0.05, 0) is 62.1 Å². The van der Waals surface area contributed by atoms with Crippen LogP contribution in [0.15, 0.2) is 42.6 Å². The Hall–Kier alpha value is -3.40. The topological polar surface area (TPSA) is 92.8 Å². The van der Waals surface area contributed by atoms with E-state index >= 15 is 0 Å². The molecule has 8 nitrogen and oxygen atoms in total. The van der Waals surface area contributed by atoms with Gasteiger partial charge in [0.2, 0.25) is 11.6 Å². The molecule has 0 bridgehead atoms. The molecule has 10 heteroatoms. The van der Waals surface area contributed by atoms with Crippen LogP contribution in [-0.2, 0) is 6.42 Å². The fraction of sp³-hybridized carbons (Fsp3) is 0.333. The molecule has 0 amide bonds. The number of halogens is 2. The van der Waals surface area contributed by atoms with Crippen molar-refractivity contribution in [3.05, 3.63) is 85.6 Å². The Balaban J connectivity index is 0.000000562. The lowest BCUT2D eigenvalue weighted by Crippen LogP contribution is -2.15. The summed E-state index contributed by atoms with van der Waals surface area (Å²) in [6, 6.07) is 7.82. The van der Waals surface area contributed by atoms with Crippen molar-refractivity contribution in [1.82, 2.24) is 9.80 Å². The minimum atomic E-state index is -0.819. The van der Waals surface area contributed by atoms with Gasteiger partial charge >= 0.3 is 11.4 Å². The molecule has 0 N–H and O–H groups in total. The lowest BCUT2D eigenvalue weighted by Gasteiger charge is -2.08. The van der Waals surface area contributed by atoms with Gasteiger partial charge in [-0.3, -0.25) is 20.2 Å². The first-order valence-corrected chi connectivity index (χ1v) is 8.87. The standard InChI is InChI=1S/C10H13FN2O2.C10H11FN2O2.CH4/c2*1-12(2)6-5-8-3-4-10(13(14)15)9(11)7-8;/h3-4,7H,5-6H2,1-2H3;3-7H,1-2H3;1H4/b;6-5+;. The van der Waals surface area contributed by atoms with Gasteiger partial charge in [0.25, 0.3) is 0 Å². The van der Waals surface area contributed by atoms with E-state index in [1.165, 1.54) is 18.2 Å². The van der Waals surface area contributed by atoms with Crippen molar-refractivity contribution in [2.75, 3.05) is 34.7 Å². The number of benzene rings is 2. The Morgan fingerprint density at radius 3 is 1.84 bits per heavy atom. The van der Waals surface area contributed by atoms with Crippen molar-refractivity contribution in [2.45, 2.75) is 13.8 Å². The molecule has 0 aliphatic carbocycles. The SMILES string of the molecule is C.CN(C)/C=C/c1ccc([N+](=O)[O-])c(F)c1.CN(C)CCc1ccc([N+](=O)[O-])c(F)c1. The molecular weight excluding hydrogens is 410 g/mol. The normalized spacial score (nSPS) is 10.3. The summed E-state index contributed by atoms with van der Waals surface area (Å²) in [5.41, 5.74) is 0.388. The molecule has 2 rings (SSSR count). The number of hydrogen-bond acceptors (Lipinski definition) is 6. The Kier molecular flexibility index (Phi) is 11.6. The van der Waals surface area contributed by atoms with E-state index in [1.54, 1.807) is 23.2 Å². The zero-order chi connectivity index (χ0) is 22.8. The van der Waals surface area contributed by atoms with Crippen molar-refractivity contribution >= 4 is 17.5 Å². The first-order valence-electron chi connectivity index (χ1n) is 8.87. The lowest BCUT2D eigenvalue weighted by atomic mass is 10.1. The third-order valence-electron chi connectivity index (χ3n) is 3.79. The summed E-state index contributed by atoms with van der Waals surface area (Å²) in [5, 5.41) is 20.7. The molecule has 0 spiro atoms. The highest BCUT2D eigenvalue weighted by Crippen LogP contribution is 2.19. The van der Waals surface area contributed by atoms with Gasteiger partial charge in [-0.25, -0.2) is 0 Å². The monoisotopic (exact) mass is 438 g/mol. The fourth-order valence-electron chi connectivity index (χ4n) is 2.22. The van der Waals surface area contributed by atoms with Crippen LogP contribution in [-0.4, -0.2) is 54.4 Å². The molecule has 0 fully saturated rings. The van der Waals surface area contributed by atoms with Crippen LogP contribution in [0.2, 0.25) is 0 Å². The lowest BCUT2D eigenvalue weighted by molar-refractivity contribution is -0.387. The molecule has 0 unspecified atom stereocenters. The zero-order valence-corrected chi connectivity index (χ0v) is 17.2. The molecule has 0 aliphatic heterocycles. The van der Waals surface area contributed by atoms with Crippen molar-refractivity contribution < 1.29 is 18.6 Å². The predicted octanol–water partition coefficient (Wildman–Crippen LogP) is 4.74. The quantitative estimate of drug-likeness (QED) is 0.458. The minimum Gasteiger partial charge on any atom is -0.383 e. The summed E-state index contributed by atoms with van der Waals surface area (Å²) in [7, 11) is 7.50. The van der Waals surface area contributed by atoms with Gasteiger partial charge in [0.1, 0.15) is 0 Å². The Morgan fingerprint density at radius 1 is 0.903 bits per heavy atom. The van der Waals surface area contributed by atoms with E-state index in [4.69, 9.17) is 0 Å². The molecular formula is C21H28F2N4O4. The predicted molar refractivity (Wildman–Crippen MR) is 118 cm³/mol. The molecule has 31 heavy (non-hydrogen) atoms. The van der Waals surface area contributed by atoms with Gasteiger partial charge in [0.05, 0.1) is 9.85 Å². The van der Waals surface area contributed by atoms with Crippen LogP contribution < -0.4 is 0 Å². The first-order chi connectivity index (χ1) is 14.0. The van der Waals surface area contributed by atoms with Crippen LogP contribution in [0, 0.1) is 31.9 Å². The Morgan fingerprint density at radius 2 is 1.42 bits per heavy atom. The second-order valence-corrected chi connectivity index (χ2v) is 6.84. The maximum atomic E-state index is 13.2. The van der Waals surface area contributed by atoms with Gasteiger partial charge in [0.15, 0.2) is 0 Å². The van der Waals surface area contributed by atoms with Gasteiger partial charge < -0.3 is 9.80 Å². The van der Waals surface area contributed by atoms with Gasteiger partial charge in [-0.2, -0.15) is 8.78 Å². The van der Waals surface area contributed by atoms with Crippen LogP contribution in [0.25, 0.3) is 6.08 Å². The highest BCUT2D eigenvalue weighted by molar-refractivity contribution is 5.52. The van der Waals surface area contributed by atoms with Crippen molar-refractivity contribution in [2.24, 2.45) is 0 Å². The summed E-state index contributed by atoms with van der Waals surface area (Å²) in [6.45, 7) is 0.789. The number of rotatable bonds is 7. The van der Waals surface area contributed by atoms with E-state index in [9.17, 15) is 29.0 Å². The number of nitrogens with zero attached hydrogens (tertiary/aromatic N) is 4. The molecule has 0 saturated carbocycles. The van der Waals surface area contributed by atoms with Crippen LogP contribution in [0.4, 0.5) is 20.2 Å². The molecule has 0 saturated heterocycles. The number of nitro groups is 2. The minimum absolute atomic E-state index is 0. The van der Waals surface area contributed by atoms with E-state index in [-0.39, 0.29) is 7.43 Å². The number of nitro benzene ring substituents is 2.